The topological polar surface area (TPSA) is 70.6 Å². The van der Waals surface area contributed by atoms with Crippen molar-refractivity contribution in [1.29, 1.82) is 0 Å². The van der Waals surface area contributed by atoms with Gasteiger partial charge in [-0.1, -0.05) is 12.1 Å². The Morgan fingerprint density at radius 3 is 2.77 bits per heavy atom. The number of carbonyl (C=O) groups is 1. The maximum absolute atomic E-state index is 12.1. The lowest BCUT2D eigenvalue weighted by Crippen LogP contribution is -2.49. The molecule has 1 aliphatic rings. The number of amides is 1. The van der Waals surface area contributed by atoms with E-state index in [1.54, 1.807) is 7.11 Å². The Morgan fingerprint density at radius 2 is 2.07 bits per heavy atom. The van der Waals surface area contributed by atoms with Gasteiger partial charge in [0.15, 0.2) is 0 Å². The Balaban J connectivity index is 1.44. The molecule has 2 heterocycles. The van der Waals surface area contributed by atoms with E-state index in [9.17, 15) is 4.79 Å². The molecule has 0 radical (unpaired) electrons. The fraction of sp³-hybridized carbons (Fsp3) is 0.571. The number of aromatic nitrogens is 2. The van der Waals surface area contributed by atoms with Crippen molar-refractivity contribution < 1.29 is 9.53 Å². The van der Waals surface area contributed by atoms with Gasteiger partial charge < -0.3 is 15.0 Å². The van der Waals surface area contributed by atoms with E-state index in [2.05, 4.69) is 25.6 Å². The molecule has 164 valence electrons. The molecule has 1 aliphatic heterocycles. The van der Waals surface area contributed by atoms with E-state index in [-0.39, 0.29) is 5.91 Å². The van der Waals surface area contributed by atoms with Crippen LogP contribution in [-0.2, 0) is 11.2 Å². The number of methoxy groups -OCH3 is 1. The Labute approximate surface area is 187 Å². The van der Waals surface area contributed by atoms with Crippen molar-refractivity contribution in [1.82, 2.24) is 19.6 Å². The molecule has 0 aliphatic carbocycles. The zero-order valence-corrected chi connectivity index (χ0v) is 19.4. The summed E-state index contributed by atoms with van der Waals surface area (Å²) >= 11 is 7.32. The Bertz CT molecular complexity index is 836. The molecule has 9 heteroatoms. The second kappa shape index (κ2) is 10.4. The summed E-state index contributed by atoms with van der Waals surface area (Å²) in [5.74, 6) is 2.02. The molecule has 1 aromatic heterocycles. The molecule has 0 spiro atoms. The molecular formula is C21H30ClN5O2S. The number of ether oxygens (including phenoxy) is 1. The highest BCUT2D eigenvalue weighted by Crippen LogP contribution is 2.22. The number of alkyl halides is 1. The van der Waals surface area contributed by atoms with Gasteiger partial charge in [-0.05, 0) is 31.5 Å². The highest BCUT2D eigenvalue weighted by atomic mass is 35.5. The highest BCUT2D eigenvalue weighted by molar-refractivity contribution is 7.09. The number of rotatable bonds is 9. The number of halogens is 1. The molecule has 3 rings (SSSR count). The van der Waals surface area contributed by atoms with Gasteiger partial charge in [-0.2, -0.15) is 4.37 Å². The second-order valence-electron chi connectivity index (χ2n) is 8.12. The first-order valence-electron chi connectivity index (χ1n) is 10.2. The third-order valence-corrected chi connectivity index (χ3v) is 6.74. The number of piperazine rings is 1. The lowest BCUT2D eigenvalue weighted by atomic mass is 9.95. The minimum absolute atomic E-state index is 0.00793. The van der Waals surface area contributed by atoms with Crippen molar-refractivity contribution in [3.63, 3.8) is 0 Å². The zero-order valence-electron chi connectivity index (χ0n) is 17.9. The quantitative estimate of drug-likeness (QED) is 0.591. The maximum atomic E-state index is 12.1. The van der Waals surface area contributed by atoms with Gasteiger partial charge >= 0.3 is 0 Å². The van der Waals surface area contributed by atoms with Crippen LogP contribution in [-0.4, -0.2) is 72.4 Å². The molecular weight excluding hydrogens is 422 g/mol. The molecule has 1 aromatic carbocycles. The Hall–Kier alpha value is -1.90. The normalized spacial score (nSPS) is 15.3. The predicted molar refractivity (Wildman–Crippen MR) is 122 cm³/mol. The summed E-state index contributed by atoms with van der Waals surface area (Å²) in [6.07, 6.45) is 0.700. The molecule has 0 atom stereocenters. The Morgan fingerprint density at radius 1 is 1.30 bits per heavy atom. The predicted octanol–water partition coefficient (Wildman–Crippen LogP) is 2.64. The number of nitrogens with one attached hydrogen (secondary N) is 1. The SMILES string of the molecule is COc1cccc(Cc2nsc(N3CCN(CCNC(=O)C(C)(C)CCl)CC3)n2)c1. The van der Waals surface area contributed by atoms with Crippen LogP contribution in [0.4, 0.5) is 5.13 Å². The first-order valence-corrected chi connectivity index (χ1v) is 11.5. The molecule has 0 saturated carbocycles. The second-order valence-corrected chi connectivity index (χ2v) is 9.12. The summed E-state index contributed by atoms with van der Waals surface area (Å²) in [5.41, 5.74) is 0.614. The molecule has 30 heavy (non-hydrogen) atoms. The number of nitrogens with zero attached hydrogens (tertiary/aromatic N) is 4. The maximum Gasteiger partial charge on any atom is 0.226 e. The monoisotopic (exact) mass is 451 g/mol. The fourth-order valence-corrected chi connectivity index (χ4v) is 4.06. The summed E-state index contributed by atoms with van der Waals surface area (Å²) in [5, 5.41) is 3.97. The van der Waals surface area contributed by atoms with Crippen molar-refractivity contribution in [3.8, 4) is 5.75 Å². The van der Waals surface area contributed by atoms with Crippen molar-refractivity contribution in [2.45, 2.75) is 20.3 Å². The molecule has 0 bridgehead atoms. The summed E-state index contributed by atoms with van der Waals surface area (Å²) in [6.45, 7) is 8.91. The van der Waals surface area contributed by atoms with Gasteiger partial charge in [-0.25, -0.2) is 4.98 Å². The minimum atomic E-state index is -0.527. The number of hydrogen-bond acceptors (Lipinski definition) is 7. The van der Waals surface area contributed by atoms with E-state index in [4.69, 9.17) is 21.3 Å². The van der Waals surface area contributed by atoms with Gasteiger partial charge in [0.2, 0.25) is 11.0 Å². The van der Waals surface area contributed by atoms with E-state index in [0.717, 1.165) is 55.0 Å². The largest absolute Gasteiger partial charge is 0.497 e. The van der Waals surface area contributed by atoms with E-state index < -0.39 is 5.41 Å². The van der Waals surface area contributed by atoms with Crippen LogP contribution in [0.1, 0.15) is 25.2 Å². The van der Waals surface area contributed by atoms with E-state index in [1.807, 2.05) is 32.0 Å². The number of benzene rings is 1. The van der Waals surface area contributed by atoms with E-state index in [0.29, 0.717) is 18.8 Å². The van der Waals surface area contributed by atoms with Gasteiger partial charge in [0.05, 0.1) is 12.5 Å². The number of anilines is 1. The van der Waals surface area contributed by atoms with Crippen molar-refractivity contribution in [2.24, 2.45) is 5.41 Å². The van der Waals surface area contributed by atoms with Gasteiger partial charge in [0.1, 0.15) is 11.6 Å². The third kappa shape index (κ3) is 6.06. The first-order chi connectivity index (χ1) is 14.4. The molecule has 1 N–H and O–H groups in total. The molecule has 0 unspecified atom stereocenters. The smallest absolute Gasteiger partial charge is 0.226 e. The van der Waals surface area contributed by atoms with Crippen LogP contribution in [0.3, 0.4) is 0 Å². The number of carbonyl (C=O) groups excluding carboxylic acids is 1. The lowest BCUT2D eigenvalue weighted by molar-refractivity contribution is -0.128. The summed E-state index contributed by atoms with van der Waals surface area (Å²) in [4.78, 5) is 21.5. The fourth-order valence-electron chi connectivity index (χ4n) is 3.20. The third-order valence-electron chi connectivity index (χ3n) is 5.26. The van der Waals surface area contributed by atoms with Crippen LogP contribution >= 0.6 is 23.1 Å². The number of hydrogen-bond donors (Lipinski definition) is 1. The average molecular weight is 452 g/mol. The van der Waals surface area contributed by atoms with Crippen molar-refractivity contribution >= 4 is 34.2 Å². The summed E-state index contributed by atoms with van der Waals surface area (Å²) < 4.78 is 9.82. The van der Waals surface area contributed by atoms with E-state index in [1.165, 1.54) is 11.5 Å². The van der Waals surface area contributed by atoms with Crippen LogP contribution in [0.5, 0.6) is 5.75 Å². The molecule has 1 fully saturated rings. The molecule has 1 amide bonds. The minimum Gasteiger partial charge on any atom is -0.497 e. The van der Waals surface area contributed by atoms with Gasteiger partial charge in [-0.15, -0.1) is 11.6 Å². The standard InChI is InChI=1S/C21H30ClN5O2S/c1-21(2,15-22)19(28)23-7-8-26-9-11-27(12-10-26)20-24-18(25-30-20)14-16-5-4-6-17(13-16)29-3/h4-6,13H,7-12,14-15H2,1-3H3,(H,23,28). The summed E-state index contributed by atoms with van der Waals surface area (Å²) in [7, 11) is 1.67. The van der Waals surface area contributed by atoms with Gasteiger partial charge in [-0.3, -0.25) is 9.69 Å². The summed E-state index contributed by atoms with van der Waals surface area (Å²) in [6, 6.07) is 8.01. The van der Waals surface area contributed by atoms with Crippen LogP contribution in [0.15, 0.2) is 24.3 Å². The Kier molecular flexibility index (Phi) is 7.91. The van der Waals surface area contributed by atoms with Gasteiger partial charge in [0.25, 0.3) is 0 Å². The lowest BCUT2D eigenvalue weighted by Gasteiger charge is -2.34. The van der Waals surface area contributed by atoms with Gasteiger partial charge in [0, 0.05) is 63.1 Å². The molecule has 7 nitrogen and oxygen atoms in total. The highest BCUT2D eigenvalue weighted by Gasteiger charge is 2.26. The van der Waals surface area contributed by atoms with Crippen molar-refractivity contribution in [2.75, 3.05) is 57.2 Å². The van der Waals surface area contributed by atoms with Crippen molar-refractivity contribution in [3.05, 3.63) is 35.7 Å². The van der Waals surface area contributed by atoms with Crippen LogP contribution in [0.25, 0.3) is 0 Å². The van der Waals surface area contributed by atoms with Crippen LogP contribution in [0, 0.1) is 5.41 Å². The van der Waals surface area contributed by atoms with Crippen LogP contribution in [0.2, 0.25) is 0 Å². The first kappa shape index (κ1) is 22.8. The van der Waals surface area contributed by atoms with Crippen LogP contribution < -0.4 is 15.0 Å². The zero-order chi connectivity index (χ0) is 21.6. The average Bonchev–Trinajstić information content (AvgIpc) is 3.22. The molecule has 2 aromatic rings. The van der Waals surface area contributed by atoms with E-state index >= 15 is 0 Å². The molecule has 1 saturated heterocycles.